The summed E-state index contributed by atoms with van der Waals surface area (Å²) >= 11 is 0. The summed E-state index contributed by atoms with van der Waals surface area (Å²) in [5.41, 5.74) is 0.0674. The maximum Gasteiger partial charge on any atom is 0.345 e. The second kappa shape index (κ2) is 18.7. The molecule has 0 aliphatic rings. The van der Waals surface area contributed by atoms with Gasteiger partial charge in [-0.2, -0.15) is 0 Å². The Labute approximate surface area is 208 Å². The molecule has 0 fully saturated rings. The summed E-state index contributed by atoms with van der Waals surface area (Å²) in [7, 11) is 0. The normalized spacial score (nSPS) is 11.7. The Bertz CT molecular complexity index is 770. The summed E-state index contributed by atoms with van der Waals surface area (Å²) in [6.45, 7) is 2.85. The van der Waals surface area contributed by atoms with Gasteiger partial charge in [0.05, 0.1) is 17.7 Å². The van der Waals surface area contributed by atoms with E-state index in [4.69, 9.17) is 10.2 Å². The number of hydrogen-bond donors (Lipinski definition) is 3. The molecule has 3 N–H and O–H groups in total. The van der Waals surface area contributed by atoms with Crippen molar-refractivity contribution in [3.05, 3.63) is 29.6 Å². The monoisotopic (exact) mass is 495 g/mol. The van der Waals surface area contributed by atoms with Gasteiger partial charge >= 0.3 is 17.9 Å². The number of halogens is 1. The van der Waals surface area contributed by atoms with E-state index in [1.54, 1.807) is 0 Å². The molecule has 0 amide bonds. The van der Waals surface area contributed by atoms with E-state index < -0.39 is 36.2 Å². The summed E-state index contributed by atoms with van der Waals surface area (Å²) < 4.78 is 19.0. The number of benzene rings is 1. The largest absolute Gasteiger partial charge is 0.481 e. The standard InChI is InChI=1S/C27H42FNO6/c1-2-3-4-5-6-7-8-9-10-11-12-13-14-15-18-29-23-17-16-21(19-22(23)28)27(34)35-24(26(32)33)20-25(30)31/h16-17,19,24,29H,2-15,18,20H2,1H3,(H,30,31)(H,32,33). The Morgan fingerprint density at radius 1 is 0.857 bits per heavy atom. The molecule has 1 atom stereocenters. The minimum atomic E-state index is -1.83. The average Bonchev–Trinajstić information content (AvgIpc) is 2.81. The molecule has 0 aliphatic carbocycles. The quantitative estimate of drug-likeness (QED) is 0.127. The fourth-order valence-electron chi connectivity index (χ4n) is 3.86. The Hall–Kier alpha value is -2.64. The number of aliphatic carboxylic acids is 2. The van der Waals surface area contributed by atoms with Crippen LogP contribution in [-0.4, -0.2) is 40.8 Å². The zero-order valence-electron chi connectivity index (χ0n) is 21.0. The van der Waals surface area contributed by atoms with Crippen LogP contribution in [0.4, 0.5) is 10.1 Å². The molecule has 1 aromatic carbocycles. The molecule has 8 heteroatoms. The molecule has 1 unspecified atom stereocenters. The van der Waals surface area contributed by atoms with Gasteiger partial charge in [0.15, 0.2) is 0 Å². The van der Waals surface area contributed by atoms with Crippen LogP contribution >= 0.6 is 0 Å². The highest BCUT2D eigenvalue weighted by molar-refractivity contribution is 5.92. The van der Waals surface area contributed by atoms with Crippen LogP contribution in [0.2, 0.25) is 0 Å². The highest BCUT2D eigenvalue weighted by Crippen LogP contribution is 2.18. The van der Waals surface area contributed by atoms with Crippen molar-refractivity contribution in [1.82, 2.24) is 0 Å². The maximum absolute atomic E-state index is 14.3. The van der Waals surface area contributed by atoms with Crippen molar-refractivity contribution in [2.24, 2.45) is 0 Å². The van der Waals surface area contributed by atoms with Crippen LogP contribution in [0, 0.1) is 5.82 Å². The molecule has 7 nitrogen and oxygen atoms in total. The first-order valence-corrected chi connectivity index (χ1v) is 13.0. The first-order valence-electron chi connectivity index (χ1n) is 13.0. The van der Waals surface area contributed by atoms with E-state index in [2.05, 4.69) is 17.0 Å². The second-order valence-corrected chi connectivity index (χ2v) is 9.05. The molecule has 0 saturated heterocycles. The van der Waals surface area contributed by atoms with Gasteiger partial charge in [-0.3, -0.25) is 4.79 Å². The molecule has 35 heavy (non-hydrogen) atoms. The van der Waals surface area contributed by atoms with Gasteiger partial charge in [0.1, 0.15) is 5.82 Å². The van der Waals surface area contributed by atoms with Gasteiger partial charge in [0.2, 0.25) is 6.10 Å². The molecule has 1 rings (SSSR count). The van der Waals surface area contributed by atoms with Gasteiger partial charge in [0.25, 0.3) is 0 Å². The third-order valence-electron chi connectivity index (χ3n) is 5.94. The van der Waals surface area contributed by atoms with Crippen LogP contribution in [0.15, 0.2) is 18.2 Å². The smallest absolute Gasteiger partial charge is 0.345 e. The number of nitrogens with one attached hydrogen (secondary N) is 1. The number of rotatable bonds is 21. The van der Waals surface area contributed by atoms with Gasteiger partial charge in [-0.1, -0.05) is 90.4 Å². The van der Waals surface area contributed by atoms with E-state index in [0.717, 1.165) is 25.3 Å². The zero-order valence-corrected chi connectivity index (χ0v) is 21.0. The molecule has 0 saturated carbocycles. The van der Waals surface area contributed by atoms with Gasteiger partial charge in [-0.15, -0.1) is 0 Å². The number of hydrogen-bond acceptors (Lipinski definition) is 5. The summed E-state index contributed by atoms with van der Waals surface area (Å²) in [5.74, 6) is -4.74. The summed E-state index contributed by atoms with van der Waals surface area (Å²) in [6, 6.07) is 3.66. The number of esters is 1. The SMILES string of the molecule is CCCCCCCCCCCCCCCCNc1ccc(C(=O)OC(CC(=O)O)C(=O)O)cc1F. The van der Waals surface area contributed by atoms with E-state index >= 15 is 0 Å². The van der Waals surface area contributed by atoms with Crippen LogP contribution in [0.25, 0.3) is 0 Å². The van der Waals surface area contributed by atoms with Crippen LogP contribution < -0.4 is 5.32 Å². The van der Waals surface area contributed by atoms with Crippen molar-refractivity contribution >= 4 is 23.6 Å². The second-order valence-electron chi connectivity index (χ2n) is 9.05. The van der Waals surface area contributed by atoms with Crippen LogP contribution in [-0.2, 0) is 14.3 Å². The van der Waals surface area contributed by atoms with Crippen LogP contribution in [0.1, 0.15) is 114 Å². The molecule has 0 heterocycles. The van der Waals surface area contributed by atoms with Crippen molar-refractivity contribution in [3.63, 3.8) is 0 Å². The van der Waals surface area contributed by atoms with Crippen LogP contribution in [0.3, 0.4) is 0 Å². The predicted octanol–water partition coefficient (Wildman–Crippen LogP) is 6.80. The van der Waals surface area contributed by atoms with Gasteiger partial charge in [-0.05, 0) is 24.6 Å². The predicted molar refractivity (Wildman–Crippen MR) is 134 cm³/mol. The molecular weight excluding hydrogens is 453 g/mol. The van der Waals surface area contributed by atoms with Crippen molar-refractivity contribution < 1.29 is 33.7 Å². The Balaban J connectivity index is 2.17. The van der Waals surface area contributed by atoms with Crippen LogP contribution in [0.5, 0.6) is 0 Å². The first-order chi connectivity index (χ1) is 16.8. The summed E-state index contributed by atoms with van der Waals surface area (Å²) in [4.78, 5) is 33.8. The minimum absolute atomic E-state index is 0.179. The molecule has 0 radical (unpaired) electrons. The van der Waals surface area contributed by atoms with Crippen molar-refractivity contribution in [2.45, 2.75) is 109 Å². The molecule has 0 aliphatic heterocycles. The Morgan fingerprint density at radius 2 is 1.37 bits per heavy atom. The number of carboxylic acids is 2. The summed E-state index contributed by atoms with van der Waals surface area (Å²) in [6.07, 6.45) is 15.1. The van der Waals surface area contributed by atoms with Gasteiger partial charge in [-0.25, -0.2) is 14.0 Å². The fourth-order valence-corrected chi connectivity index (χ4v) is 3.86. The number of ether oxygens (including phenoxy) is 1. The van der Waals surface area contributed by atoms with E-state index in [0.29, 0.717) is 6.54 Å². The van der Waals surface area contributed by atoms with E-state index in [9.17, 15) is 18.8 Å². The molecule has 1 aromatic rings. The lowest BCUT2D eigenvalue weighted by molar-refractivity contribution is -0.153. The Kier molecular flexibility index (Phi) is 16.2. The molecule has 0 spiro atoms. The Morgan fingerprint density at radius 3 is 1.83 bits per heavy atom. The number of carbonyl (C=O) groups excluding carboxylic acids is 1. The van der Waals surface area contributed by atoms with E-state index in [1.807, 2.05) is 0 Å². The zero-order chi connectivity index (χ0) is 25.9. The topological polar surface area (TPSA) is 113 Å². The van der Waals surface area contributed by atoms with Crippen molar-refractivity contribution in [3.8, 4) is 0 Å². The number of unbranched alkanes of at least 4 members (excludes halogenated alkanes) is 13. The lowest BCUT2D eigenvalue weighted by Gasteiger charge is -2.13. The number of carbonyl (C=O) groups is 3. The number of anilines is 1. The third kappa shape index (κ3) is 14.4. The lowest BCUT2D eigenvalue weighted by atomic mass is 10.0. The highest BCUT2D eigenvalue weighted by atomic mass is 19.1. The molecule has 198 valence electrons. The third-order valence-corrected chi connectivity index (χ3v) is 5.94. The minimum Gasteiger partial charge on any atom is -0.481 e. The van der Waals surface area contributed by atoms with Crippen molar-refractivity contribution in [2.75, 3.05) is 11.9 Å². The lowest BCUT2D eigenvalue weighted by Crippen LogP contribution is -2.29. The molecule has 0 bridgehead atoms. The van der Waals surface area contributed by atoms with Gasteiger partial charge < -0.3 is 20.3 Å². The fraction of sp³-hybridized carbons (Fsp3) is 0.667. The maximum atomic E-state index is 14.3. The molecular formula is C27H42FNO6. The number of carboxylic acid groups (broad SMARTS) is 2. The average molecular weight is 496 g/mol. The summed E-state index contributed by atoms with van der Waals surface area (Å²) in [5, 5.41) is 20.7. The van der Waals surface area contributed by atoms with E-state index in [1.165, 1.54) is 82.8 Å². The van der Waals surface area contributed by atoms with Gasteiger partial charge in [0, 0.05) is 6.54 Å². The molecule has 0 aromatic heterocycles. The van der Waals surface area contributed by atoms with Crippen molar-refractivity contribution in [1.29, 1.82) is 0 Å². The van der Waals surface area contributed by atoms with E-state index in [-0.39, 0.29) is 11.3 Å². The first kappa shape index (κ1) is 30.4. The highest BCUT2D eigenvalue weighted by Gasteiger charge is 2.26.